The lowest BCUT2D eigenvalue weighted by atomic mass is 10.1. The van der Waals surface area contributed by atoms with Crippen LogP contribution >= 0.6 is 0 Å². The standard InChI is InChI=1S/C18H25N7/c1-14(2)17-19-7-4-16(22-17)25-12-15(13-25)23-8-10-24(11-9-23)18-20-5-3-6-21-18/h3-7,14-15H,8-13H2,1-2H3. The Morgan fingerprint density at radius 2 is 1.64 bits per heavy atom. The predicted octanol–water partition coefficient (Wildman–Crippen LogP) is 1.40. The molecule has 4 heterocycles. The van der Waals surface area contributed by atoms with Gasteiger partial charge in [0.1, 0.15) is 11.6 Å². The van der Waals surface area contributed by atoms with Gasteiger partial charge in [0.15, 0.2) is 0 Å². The number of hydrogen-bond donors (Lipinski definition) is 0. The van der Waals surface area contributed by atoms with Crippen LogP contribution in [0.15, 0.2) is 30.7 Å². The van der Waals surface area contributed by atoms with E-state index in [9.17, 15) is 0 Å². The Hall–Kier alpha value is -2.28. The monoisotopic (exact) mass is 339 g/mol. The first-order valence-electron chi connectivity index (χ1n) is 9.04. The highest BCUT2D eigenvalue weighted by Crippen LogP contribution is 2.24. The summed E-state index contributed by atoms with van der Waals surface area (Å²) in [5.74, 6) is 3.20. The van der Waals surface area contributed by atoms with Crippen LogP contribution in [0.3, 0.4) is 0 Å². The van der Waals surface area contributed by atoms with Gasteiger partial charge in [-0.3, -0.25) is 4.90 Å². The van der Waals surface area contributed by atoms with Crippen LogP contribution in [0.25, 0.3) is 0 Å². The maximum Gasteiger partial charge on any atom is 0.225 e. The topological polar surface area (TPSA) is 61.3 Å². The van der Waals surface area contributed by atoms with Crippen LogP contribution in [-0.2, 0) is 0 Å². The molecule has 2 aliphatic rings. The van der Waals surface area contributed by atoms with Gasteiger partial charge in [0, 0.05) is 69.8 Å². The molecule has 0 amide bonds. The van der Waals surface area contributed by atoms with Gasteiger partial charge >= 0.3 is 0 Å². The van der Waals surface area contributed by atoms with E-state index >= 15 is 0 Å². The molecule has 0 N–H and O–H groups in total. The van der Waals surface area contributed by atoms with Crippen molar-refractivity contribution in [1.82, 2.24) is 24.8 Å². The number of rotatable bonds is 4. The van der Waals surface area contributed by atoms with Crippen molar-refractivity contribution in [2.75, 3.05) is 49.1 Å². The molecule has 0 unspecified atom stereocenters. The summed E-state index contributed by atoms with van der Waals surface area (Å²) in [6.45, 7) is 10.5. The highest BCUT2D eigenvalue weighted by atomic mass is 15.4. The fraction of sp³-hybridized carbons (Fsp3) is 0.556. The van der Waals surface area contributed by atoms with Gasteiger partial charge in [-0.25, -0.2) is 19.9 Å². The Balaban J connectivity index is 1.30. The molecule has 4 rings (SSSR count). The summed E-state index contributed by atoms with van der Waals surface area (Å²) in [6, 6.07) is 4.50. The lowest BCUT2D eigenvalue weighted by Crippen LogP contribution is -2.63. The number of hydrogen-bond acceptors (Lipinski definition) is 7. The quantitative estimate of drug-likeness (QED) is 0.834. The van der Waals surface area contributed by atoms with Crippen LogP contribution in [0.5, 0.6) is 0 Å². The normalized spacial score (nSPS) is 19.3. The molecule has 25 heavy (non-hydrogen) atoms. The smallest absolute Gasteiger partial charge is 0.225 e. The fourth-order valence-electron chi connectivity index (χ4n) is 3.43. The molecule has 7 heteroatoms. The van der Waals surface area contributed by atoms with Gasteiger partial charge < -0.3 is 9.80 Å². The average Bonchev–Trinajstić information content (AvgIpc) is 2.62. The summed E-state index contributed by atoms with van der Waals surface area (Å²) in [5.41, 5.74) is 0. The van der Waals surface area contributed by atoms with E-state index in [4.69, 9.17) is 4.98 Å². The molecule has 132 valence electrons. The van der Waals surface area contributed by atoms with Crippen molar-refractivity contribution >= 4 is 11.8 Å². The maximum atomic E-state index is 4.70. The average molecular weight is 339 g/mol. The van der Waals surface area contributed by atoms with Gasteiger partial charge in [-0.05, 0) is 12.1 Å². The third-order valence-corrected chi connectivity index (χ3v) is 5.03. The Kier molecular flexibility index (Phi) is 4.48. The van der Waals surface area contributed by atoms with Gasteiger partial charge in [0.05, 0.1) is 0 Å². The van der Waals surface area contributed by atoms with E-state index in [1.165, 1.54) is 0 Å². The van der Waals surface area contributed by atoms with Gasteiger partial charge in [-0.1, -0.05) is 13.8 Å². The zero-order valence-corrected chi connectivity index (χ0v) is 14.9. The highest BCUT2D eigenvalue weighted by Gasteiger charge is 2.34. The van der Waals surface area contributed by atoms with E-state index < -0.39 is 0 Å². The molecule has 7 nitrogen and oxygen atoms in total. The summed E-state index contributed by atoms with van der Waals surface area (Å²) < 4.78 is 0. The first kappa shape index (κ1) is 16.2. The van der Waals surface area contributed by atoms with E-state index in [0.717, 1.165) is 56.9 Å². The fourth-order valence-corrected chi connectivity index (χ4v) is 3.43. The van der Waals surface area contributed by atoms with E-state index in [-0.39, 0.29) is 0 Å². The summed E-state index contributed by atoms with van der Waals surface area (Å²) >= 11 is 0. The van der Waals surface area contributed by atoms with Crippen molar-refractivity contribution in [3.63, 3.8) is 0 Å². The predicted molar refractivity (Wildman–Crippen MR) is 97.9 cm³/mol. The van der Waals surface area contributed by atoms with Crippen LogP contribution in [0, 0.1) is 0 Å². The molecule has 2 aliphatic heterocycles. The Morgan fingerprint density at radius 3 is 2.32 bits per heavy atom. The highest BCUT2D eigenvalue weighted by molar-refractivity contribution is 5.42. The van der Waals surface area contributed by atoms with Crippen molar-refractivity contribution in [3.05, 3.63) is 36.5 Å². The summed E-state index contributed by atoms with van der Waals surface area (Å²) in [5, 5.41) is 0. The second kappa shape index (κ2) is 6.92. The third-order valence-electron chi connectivity index (χ3n) is 5.03. The Morgan fingerprint density at radius 1 is 0.920 bits per heavy atom. The third kappa shape index (κ3) is 3.42. The lowest BCUT2D eigenvalue weighted by molar-refractivity contribution is 0.156. The molecule has 0 spiro atoms. The largest absolute Gasteiger partial charge is 0.353 e. The molecular weight excluding hydrogens is 314 g/mol. The van der Waals surface area contributed by atoms with Crippen LogP contribution in [0.4, 0.5) is 11.8 Å². The molecule has 0 aliphatic carbocycles. The van der Waals surface area contributed by atoms with Crippen LogP contribution in [-0.4, -0.2) is 70.1 Å². The number of aromatic nitrogens is 4. The second-order valence-corrected chi connectivity index (χ2v) is 7.06. The van der Waals surface area contributed by atoms with Crippen molar-refractivity contribution < 1.29 is 0 Å². The molecule has 2 saturated heterocycles. The summed E-state index contributed by atoms with van der Waals surface area (Å²) in [7, 11) is 0. The molecule has 0 atom stereocenters. The van der Waals surface area contributed by atoms with E-state index in [1.807, 2.05) is 30.7 Å². The molecule has 2 aromatic heterocycles. The van der Waals surface area contributed by atoms with Gasteiger partial charge in [0.2, 0.25) is 5.95 Å². The van der Waals surface area contributed by atoms with E-state index in [2.05, 4.69) is 43.5 Å². The van der Waals surface area contributed by atoms with Crippen molar-refractivity contribution in [2.45, 2.75) is 25.8 Å². The van der Waals surface area contributed by atoms with Crippen LogP contribution in [0.1, 0.15) is 25.6 Å². The number of piperazine rings is 1. The van der Waals surface area contributed by atoms with Crippen molar-refractivity contribution in [1.29, 1.82) is 0 Å². The maximum absolute atomic E-state index is 4.70. The Bertz CT molecular complexity index is 692. The minimum absolute atomic E-state index is 0.366. The molecule has 2 fully saturated rings. The number of anilines is 2. The molecule has 2 aromatic rings. The SMILES string of the molecule is CC(C)c1nccc(N2CC(N3CCN(c4ncccn4)CC3)C2)n1. The van der Waals surface area contributed by atoms with E-state index in [0.29, 0.717) is 12.0 Å². The van der Waals surface area contributed by atoms with Gasteiger partial charge in [0.25, 0.3) is 0 Å². The first-order chi connectivity index (χ1) is 12.2. The van der Waals surface area contributed by atoms with Crippen LogP contribution in [0.2, 0.25) is 0 Å². The summed E-state index contributed by atoms with van der Waals surface area (Å²) in [6.07, 6.45) is 5.50. The molecule has 0 bridgehead atoms. The van der Waals surface area contributed by atoms with Gasteiger partial charge in [-0.2, -0.15) is 0 Å². The molecule has 0 radical (unpaired) electrons. The number of nitrogens with zero attached hydrogens (tertiary/aromatic N) is 7. The lowest BCUT2D eigenvalue weighted by Gasteiger charge is -2.48. The first-order valence-corrected chi connectivity index (χ1v) is 9.04. The minimum Gasteiger partial charge on any atom is -0.353 e. The molecular formula is C18H25N7. The van der Waals surface area contributed by atoms with Crippen molar-refractivity contribution in [3.8, 4) is 0 Å². The Labute approximate surface area is 148 Å². The second-order valence-electron chi connectivity index (χ2n) is 7.06. The van der Waals surface area contributed by atoms with Gasteiger partial charge in [-0.15, -0.1) is 0 Å². The molecule has 0 saturated carbocycles. The minimum atomic E-state index is 0.366. The zero-order chi connectivity index (χ0) is 17.2. The van der Waals surface area contributed by atoms with E-state index in [1.54, 1.807) is 0 Å². The molecule has 0 aromatic carbocycles. The summed E-state index contributed by atoms with van der Waals surface area (Å²) in [4.78, 5) is 25.0. The zero-order valence-electron chi connectivity index (χ0n) is 14.9. The van der Waals surface area contributed by atoms with Crippen LogP contribution < -0.4 is 9.80 Å². The van der Waals surface area contributed by atoms with Crippen molar-refractivity contribution in [2.24, 2.45) is 0 Å².